The van der Waals surface area contributed by atoms with E-state index in [1.807, 2.05) is 19.2 Å². The molecule has 1 aromatic rings. The largest absolute Gasteiger partial charge is 0.298 e. The van der Waals surface area contributed by atoms with Gasteiger partial charge in [0.05, 0.1) is 10.0 Å². The molecule has 0 spiro atoms. The summed E-state index contributed by atoms with van der Waals surface area (Å²) >= 11 is 17.8. The summed E-state index contributed by atoms with van der Waals surface area (Å²) in [5.41, 5.74) is 1.03. The Hall–Kier alpha value is 0.0500. The Kier molecular flexibility index (Phi) is 5.20. The number of rotatable bonds is 4. The van der Waals surface area contributed by atoms with Gasteiger partial charge in [-0.1, -0.05) is 35.3 Å². The summed E-state index contributed by atoms with van der Waals surface area (Å²) in [7, 11) is 2.02. The van der Waals surface area contributed by atoms with Crippen LogP contribution >= 0.6 is 34.8 Å². The van der Waals surface area contributed by atoms with E-state index in [9.17, 15) is 0 Å². The number of hydrogen-bond donors (Lipinski definition) is 0. The highest BCUT2D eigenvalue weighted by Crippen LogP contribution is 2.26. The predicted molar refractivity (Wildman–Crippen MR) is 68.1 cm³/mol. The zero-order chi connectivity index (χ0) is 11.4. The van der Waals surface area contributed by atoms with Crippen LogP contribution in [0.3, 0.4) is 0 Å². The molecule has 15 heavy (non-hydrogen) atoms. The molecule has 1 nitrogen and oxygen atoms in total. The first-order valence-corrected chi connectivity index (χ1v) is 6.04. The van der Waals surface area contributed by atoms with Gasteiger partial charge in [-0.2, -0.15) is 0 Å². The van der Waals surface area contributed by atoms with E-state index in [0.29, 0.717) is 22.0 Å². The maximum atomic E-state index is 6.09. The van der Waals surface area contributed by atoms with Gasteiger partial charge in [-0.15, -0.1) is 11.6 Å². The van der Waals surface area contributed by atoms with Gasteiger partial charge in [-0.05, 0) is 25.6 Å². The maximum Gasteiger partial charge on any atom is 0.0637 e. The van der Waals surface area contributed by atoms with Crippen LogP contribution in [0.1, 0.15) is 12.5 Å². The molecule has 4 heteroatoms. The molecule has 0 aromatic heterocycles. The predicted octanol–water partition coefficient (Wildman–Crippen LogP) is 4.05. The summed E-state index contributed by atoms with van der Waals surface area (Å²) < 4.78 is 0. The molecule has 0 saturated carbocycles. The van der Waals surface area contributed by atoms with Crippen LogP contribution in [0.25, 0.3) is 0 Å². The fraction of sp³-hybridized carbons (Fsp3) is 0.455. The highest BCUT2D eigenvalue weighted by molar-refractivity contribution is 6.42. The molecule has 1 aromatic carbocycles. The Morgan fingerprint density at radius 3 is 2.60 bits per heavy atom. The Labute approximate surface area is 106 Å². The van der Waals surface area contributed by atoms with Crippen LogP contribution in [-0.4, -0.2) is 23.9 Å². The summed E-state index contributed by atoms with van der Waals surface area (Å²) in [4.78, 5) is 2.14. The summed E-state index contributed by atoms with van der Waals surface area (Å²) in [5, 5.41) is 1.23. The fourth-order valence-corrected chi connectivity index (χ4v) is 1.83. The van der Waals surface area contributed by atoms with Crippen molar-refractivity contribution in [2.75, 3.05) is 12.9 Å². The fourth-order valence-electron chi connectivity index (χ4n) is 1.21. The molecule has 0 aliphatic carbocycles. The first-order valence-electron chi connectivity index (χ1n) is 4.75. The van der Waals surface area contributed by atoms with Crippen molar-refractivity contribution in [1.82, 2.24) is 4.90 Å². The first-order chi connectivity index (χ1) is 7.06. The Morgan fingerprint density at radius 2 is 2.00 bits per heavy atom. The van der Waals surface area contributed by atoms with E-state index in [-0.39, 0.29) is 0 Å². The molecule has 0 N–H and O–H groups in total. The normalized spacial score (nSPS) is 13.2. The molecule has 0 saturated heterocycles. The van der Waals surface area contributed by atoms with Gasteiger partial charge in [0, 0.05) is 18.5 Å². The molecule has 0 radical (unpaired) electrons. The Bertz CT molecular complexity index is 328. The smallest absolute Gasteiger partial charge is 0.0637 e. The van der Waals surface area contributed by atoms with Crippen LogP contribution < -0.4 is 0 Å². The van der Waals surface area contributed by atoms with Gasteiger partial charge in [-0.3, -0.25) is 4.90 Å². The SMILES string of the molecule is CC(CCl)N(C)Cc1cccc(Cl)c1Cl. The van der Waals surface area contributed by atoms with Crippen molar-refractivity contribution in [2.24, 2.45) is 0 Å². The van der Waals surface area contributed by atoms with Crippen LogP contribution in [0.15, 0.2) is 18.2 Å². The molecule has 0 amide bonds. The molecule has 1 unspecified atom stereocenters. The van der Waals surface area contributed by atoms with Crippen molar-refractivity contribution in [1.29, 1.82) is 0 Å². The molecular weight excluding hydrogens is 252 g/mol. The molecule has 0 aliphatic rings. The van der Waals surface area contributed by atoms with E-state index in [2.05, 4.69) is 11.8 Å². The highest BCUT2D eigenvalue weighted by Gasteiger charge is 2.11. The summed E-state index contributed by atoms with van der Waals surface area (Å²) in [6, 6.07) is 5.99. The number of alkyl halides is 1. The minimum atomic E-state index is 0.321. The molecular formula is C11H14Cl3N. The van der Waals surface area contributed by atoms with E-state index in [1.54, 1.807) is 6.07 Å². The van der Waals surface area contributed by atoms with Crippen molar-refractivity contribution >= 4 is 34.8 Å². The van der Waals surface area contributed by atoms with Crippen molar-refractivity contribution in [3.63, 3.8) is 0 Å². The van der Waals surface area contributed by atoms with Gasteiger partial charge >= 0.3 is 0 Å². The van der Waals surface area contributed by atoms with Crippen molar-refractivity contribution in [3.05, 3.63) is 33.8 Å². The Balaban J connectivity index is 2.76. The second-order valence-corrected chi connectivity index (χ2v) is 4.73. The van der Waals surface area contributed by atoms with Crippen LogP contribution in [-0.2, 0) is 6.54 Å². The van der Waals surface area contributed by atoms with Gasteiger partial charge in [0.1, 0.15) is 0 Å². The lowest BCUT2D eigenvalue weighted by Crippen LogP contribution is -2.29. The van der Waals surface area contributed by atoms with E-state index in [1.165, 1.54) is 0 Å². The lowest BCUT2D eigenvalue weighted by molar-refractivity contribution is 0.268. The average molecular weight is 267 g/mol. The van der Waals surface area contributed by atoms with Crippen molar-refractivity contribution < 1.29 is 0 Å². The third kappa shape index (κ3) is 3.53. The number of nitrogens with zero attached hydrogens (tertiary/aromatic N) is 1. The molecule has 0 aliphatic heterocycles. The second-order valence-electron chi connectivity index (χ2n) is 3.63. The Morgan fingerprint density at radius 1 is 1.33 bits per heavy atom. The molecule has 0 heterocycles. The summed E-state index contributed by atoms with van der Waals surface area (Å²) in [6.07, 6.45) is 0. The first kappa shape index (κ1) is 13.1. The second kappa shape index (κ2) is 5.95. The van der Waals surface area contributed by atoms with Gasteiger partial charge in [0.2, 0.25) is 0 Å². The van der Waals surface area contributed by atoms with Gasteiger partial charge < -0.3 is 0 Å². The number of halogens is 3. The minimum absolute atomic E-state index is 0.321. The van der Waals surface area contributed by atoms with E-state index >= 15 is 0 Å². The van der Waals surface area contributed by atoms with E-state index < -0.39 is 0 Å². The van der Waals surface area contributed by atoms with Gasteiger partial charge in [0.25, 0.3) is 0 Å². The van der Waals surface area contributed by atoms with Crippen LogP contribution in [0, 0.1) is 0 Å². The third-order valence-electron chi connectivity index (χ3n) is 2.43. The molecule has 1 rings (SSSR count). The zero-order valence-corrected chi connectivity index (χ0v) is 11.1. The van der Waals surface area contributed by atoms with Crippen LogP contribution in [0.5, 0.6) is 0 Å². The quantitative estimate of drug-likeness (QED) is 0.743. The van der Waals surface area contributed by atoms with Crippen molar-refractivity contribution in [2.45, 2.75) is 19.5 Å². The zero-order valence-electron chi connectivity index (χ0n) is 8.80. The van der Waals surface area contributed by atoms with Gasteiger partial charge in [-0.25, -0.2) is 0 Å². The lowest BCUT2D eigenvalue weighted by atomic mass is 10.2. The highest BCUT2D eigenvalue weighted by atomic mass is 35.5. The monoisotopic (exact) mass is 265 g/mol. The van der Waals surface area contributed by atoms with E-state index in [4.69, 9.17) is 34.8 Å². The van der Waals surface area contributed by atoms with E-state index in [0.717, 1.165) is 12.1 Å². The molecule has 0 fully saturated rings. The van der Waals surface area contributed by atoms with Gasteiger partial charge in [0.15, 0.2) is 0 Å². The minimum Gasteiger partial charge on any atom is -0.298 e. The topological polar surface area (TPSA) is 3.24 Å². The number of benzene rings is 1. The molecule has 0 bridgehead atoms. The van der Waals surface area contributed by atoms with Crippen LogP contribution in [0.4, 0.5) is 0 Å². The maximum absolute atomic E-state index is 6.09. The summed E-state index contributed by atoms with van der Waals surface area (Å²) in [5.74, 6) is 0.606. The lowest BCUT2D eigenvalue weighted by Gasteiger charge is -2.23. The number of hydrogen-bond acceptors (Lipinski definition) is 1. The molecule has 84 valence electrons. The van der Waals surface area contributed by atoms with Crippen molar-refractivity contribution in [3.8, 4) is 0 Å². The molecule has 1 atom stereocenters. The van der Waals surface area contributed by atoms with Crippen LogP contribution in [0.2, 0.25) is 10.0 Å². The average Bonchev–Trinajstić information content (AvgIpc) is 2.23. The standard InChI is InChI=1S/C11H14Cl3N/c1-8(6-12)15(2)7-9-4-3-5-10(13)11(9)14/h3-5,8H,6-7H2,1-2H3. The summed E-state index contributed by atoms with van der Waals surface area (Å²) in [6.45, 7) is 2.83. The third-order valence-corrected chi connectivity index (χ3v) is 3.73.